The number of nitriles is 1. The summed E-state index contributed by atoms with van der Waals surface area (Å²) in [5.74, 6) is -2.16. The number of halogens is 2. The molecule has 1 aromatic heterocycles. The summed E-state index contributed by atoms with van der Waals surface area (Å²) in [5.41, 5.74) is -0.795. The Morgan fingerprint density at radius 2 is 2.00 bits per heavy atom. The maximum Gasteiger partial charge on any atom is 0.235 e. The van der Waals surface area contributed by atoms with E-state index in [2.05, 4.69) is 5.16 Å². The Bertz CT molecular complexity index is 701. The molecule has 0 aliphatic rings. The van der Waals surface area contributed by atoms with Gasteiger partial charge in [0, 0.05) is 0 Å². The van der Waals surface area contributed by atoms with Crippen molar-refractivity contribution in [1.29, 1.82) is 5.26 Å². The average Bonchev–Trinajstić information content (AvgIpc) is 3.00. The summed E-state index contributed by atoms with van der Waals surface area (Å²) in [4.78, 5) is 16.9. The molecule has 0 fully saturated rings. The van der Waals surface area contributed by atoms with E-state index in [9.17, 15) is 13.6 Å². The predicted octanol–water partition coefficient (Wildman–Crippen LogP) is 3.31. The van der Waals surface area contributed by atoms with Crippen molar-refractivity contribution in [3.63, 3.8) is 0 Å². The topological polar surface area (TPSA) is 62.4 Å². The average molecular weight is 306 g/mol. The summed E-state index contributed by atoms with van der Waals surface area (Å²) < 4.78 is 26.7. The number of hydrogen-bond donors (Lipinski definition) is 0. The number of oxime groups is 1. The number of carbonyl (C=O) groups is 1. The summed E-state index contributed by atoms with van der Waals surface area (Å²) in [6, 6.07) is 8.17. The van der Waals surface area contributed by atoms with E-state index in [1.54, 1.807) is 17.5 Å². The van der Waals surface area contributed by atoms with E-state index in [0.717, 1.165) is 23.5 Å². The lowest BCUT2D eigenvalue weighted by Gasteiger charge is -2.03. The van der Waals surface area contributed by atoms with Gasteiger partial charge >= 0.3 is 0 Å². The Labute approximate surface area is 122 Å². The molecule has 0 aliphatic carbocycles. The van der Waals surface area contributed by atoms with Crippen molar-refractivity contribution in [2.45, 2.75) is 6.61 Å². The van der Waals surface area contributed by atoms with Crippen LogP contribution in [0.5, 0.6) is 0 Å². The van der Waals surface area contributed by atoms with E-state index in [1.807, 2.05) is 0 Å². The van der Waals surface area contributed by atoms with Crippen LogP contribution >= 0.6 is 11.3 Å². The van der Waals surface area contributed by atoms with Gasteiger partial charge in [0.05, 0.1) is 10.4 Å². The summed E-state index contributed by atoms with van der Waals surface area (Å²) in [6.07, 6.45) is 0. The zero-order valence-corrected chi connectivity index (χ0v) is 11.4. The number of carbonyl (C=O) groups excluding carboxylic acids is 1. The largest absolute Gasteiger partial charge is 0.390 e. The molecule has 2 aromatic rings. The van der Waals surface area contributed by atoms with Crippen molar-refractivity contribution in [2.24, 2.45) is 5.16 Å². The van der Waals surface area contributed by atoms with Gasteiger partial charge in [0.2, 0.25) is 11.5 Å². The maximum atomic E-state index is 13.3. The number of thiophene rings is 1. The standard InChI is InChI=1S/C14H8F2N2O2S/c15-10-3-1-4-11(16)9(10)8-20-18-12(7-17)14(19)13-5-2-6-21-13/h1-6H,8H2/b18-12+. The molecule has 0 saturated carbocycles. The highest BCUT2D eigenvalue weighted by atomic mass is 32.1. The van der Waals surface area contributed by atoms with Crippen molar-refractivity contribution in [3.8, 4) is 6.07 Å². The molecule has 1 aromatic carbocycles. The van der Waals surface area contributed by atoms with Crippen LogP contribution in [0.3, 0.4) is 0 Å². The fourth-order valence-corrected chi connectivity index (χ4v) is 2.13. The third-order valence-corrected chi connectivity index (χ3v) is 3.36. The summed E-state index contributed by atoms with van der Waals surface area (Å²) in [5, 5.41) is 13.9. The number of hydrogen-bond acceptors (Lipinski definition) is 5. The van der Waals surface area contributed by atoms with E-state index >= 15 is 0 Å². The Balaban J connectivity index is 2.09. The van der Waals surface area contributed by atoms with Gasteiger partial charge in [-0.3, -0.25) is 4.79 Å². The van der Waals surface area contributed by atoms with Crippen LogP contribution in [-0.4, -0.2) is 11.5 Å². The van der Waals surface area contributed by atoms with Crippen LogP contribution in [0.1, 0.15) is 15.2 Å². The molecule has 0 radical (unpaired) electrons. The second-order valence-corrected chi connectivity index (χ2v) is 4.78. The van der Waals surface area contributed by atoms with E-state index in [4.69, 9.17) is 10.1 Å². The Kier molecular flexibility index (Phi) is 4.74. The molecule has 0 bridgehead atoms. The maximum absolute atomic E-state index is 13.3. The monoisotopic (exact) mass is 306 g/mol. The third kappa shape index (κ3) is 3.49. The highest BCUT2D eigenvalue weighted by Crippen LogP contribution is 2.14. The van der Waals surface area contributed by atoms with E-state index in [1.165, 1.54) is 12.1 Å². The normalized spacial score (nSPS) is 11.0. The van der Waals surface area contributed by atoms with Crippen molar-refractivity contribution >= 4 is 22.8 Å². The first-order chi connectivity index (χ1) is 10.1. The van der Waals surface area contributed by atoms with Crippen LogP contribution in [0.15, 0.2) is 40.9 Å². The number of rotatable bonds is 5. The minimum Gasteiger partial charge on any atom is -0.390 e. The van der Waals surface area contributed by atoms with Crippen molar-refractivity contribution in [3.05, 3.63) is 57.8 Å². The smallest absolute Gasteiger partial charge is 0.235 e. The van der Waals surface area contributed by atoms with Gasteiger partial charge in [-0.15, -0.1) is 11.3 Å². The lowest BCUT2D eigenvalue weighted by Crippen LogP contribution is -2.11. The lowest BCUT2D eigenvalue weighted by atomic mass is 10.2. The van der Waals surface area contributed by atoms with Crippen LogP contribution < -0.4 is 0 Å². The van der Waals surface area contributed by atoms with Crippen molar-refractivity contribution in [2.75, 3.05) is 0 Å². The molecule has 0 saturated heterocycles. The molecule has 2 rings (SSSR count). The van der Waals surface area contributed by atoms with Gasteiger partial charge in [-0.05, 0) is 23.6 Å². The van der Waals surface area contributed by atoms with E-state index in [0.29, 0.717) is 4.88 Å². The minimum atomic E-state index is -0.784. The van der Waals surface area contributed by atoms with E-state index in [-0.39, 0.29) is 5.56 Å². The quantitative estimate of drug-likeness (QED) is 0.483. The van der Waals surface area contributed by atoms with Gasteiger partial charge in [-0.1, -0.05) is 17.3 Å². The zero-order chi connectivity index (χ0) is 15.2. The fraction of sp³-hybridized carbons (Fsp3) is 0.0714. The molecule has 0 spiro atoms. The Hall–Kier alpha value is -2.59. The van der Waals surface area contributed by atoms with Crippen LogP contribution in [-0.2, 0) is 11.4 Å². The van der Waals surface area contributed by atoms with Crippen LogP contribution in [0.25, 0.3) is 0 Å². The molecule has 106 valence electrons. The molecule has 0 amide bonds. The van der Waals surface area contributed by atoms with Crippen molar-refractivity contribution < 1.29 is 18.4 Å². The molecule has 0 unspecified atom stereocenters. The molecule has 0 N–H and O–H groups in total. The summed E-state index contributed by atoms with van der Waals surface area (Å²) in [7, 11) is 0. The Morgan fingerprint density at radius 1 is 1.29 bits per heavy atom. The zero-order valence-electron chi connectivity index (χ0n) is 10.5. The van der Waals surface area contributed by atoms with E-state index < -0.39 is 29.7 Å². The highest BCUT2D eigenvalue weighted by molar-refractivity contribution is 7.13. The summed E-state index contributed by atoms with van der Waals surface area (Å²) >= 11 is 1.15. The van der Waals surface area contributed by atoms with Gasteiger partial charge in [0.15, 0.2) is 0 Å². The number of ketones is 1. The van der Waals surface area contributed by atoms with Gasteiger partial charge in [-0.25, -0.2) is 8.78 Å². The minimum absolute atomic E-state index is 0.317. The third-order valence-electron chi connectivity index (χ3n) is 2.49. The number of nitrogens with zero attached hydrogens (tertiary/aromatic N) is 2. The second kappa shape index (κ2) is 6.72. The second-order valence-electron chi connectivity index (χ2n) is 3.83. The van der Waals surface area contributed by atoms with Crippen molar-refractivity contribution in [1.82, 2.24) is 0 Å². The number of benzene rings is 1. The van der Waals surface area contributed by atoms with Crippen LogP contribution in [0.2, 0.25) is 0 Å². The molecule has 4 nitrogen and oxygen atoms in total. The molecule has 1 heterocycles. The van der Waals surface area contributed by atoms with Gasteiger partial charge < -0.3 is 4.84 Å². The SMILES string of the molecule is N#C/C(=N\OCc1c(F)cccc1F)C(=O)c1cccs1. The predicted molar refractivity (Wildman–Crippen MR) is 72.8 cm³/mol. The molecular weight excluding hydrogens is 298 g/mol. The summed E-state index contributed by atoms with van der Waals surface area (Å²) in [6.45, 7) is -0.512. The molecule has 0 aliphatic heterocycles. The first-order valence-corrected chi connectivity index (χ1v) is 6.62. The molecule has 0 atom stereocenters. The lowest BCUT2D eigenvalue weighted by molar-refractivity contribution is 0.103. The van der Waals surface area contributed by atoms with Gasteiger partial charge in [-0.2, -0.15) is 5.26 Å². The molecule has 7 heteroatoms. The highest BCUT2D eigenvalue weighted by Gasteiger charge is 2.16. The Morgan fingerprint density at radius 3 is 2.57 bits per heavy atom. The van der Waals surface area contributed by atoms with Gasteiger partial charge in [0.1, 0.15) is 24.3 Å². The van der Waals surface area contributed by atoms with Crippen LogP contribution in [0.4, 0.5) is 8.78 Å². The first kappa shape index (κ1) is 14.8. The number of Topliss-reactive ketones (excluding diaryl/α,β-unsaturated/α-hetero) is 1. The van der Waals surface area contributed by atoms with Crippen LogP contribution in [0, 0.1) is 23.0 Å². The molecular formula is C14H8F2N2O2S. The first-order valence-electron chi connectivity index (χ1n) is 5.74. The molecule has 21 heavy (non-hydrogen) atoms. The fourth-order valence-electron chi connectivity index (χ4n) is 1.47. The van der Waals surface area contributed by atoms with Gasteiger partial charge in [0.25, 0.3) is 0 Å².